The standard InChI is InChI=1S/C15H28N2O2/c1-3-6-13-7-4-5-10-17(13)11-15(16-2,14(18)19)12-8-9-12/h12-13,16H,3-11H2,1-2H3,(H,18,19). The van der Waals surface area contributed by atoms with E-state index in [0.29, 0.717) is 18.5 Å². The Kier molecular flexibility index (Phi) is 4.85. The maximum absolute atomic E-state index is 11.8. The summed E-state index contributed by atoms with van der Waals surface area (Å²) in [7, 11) is 1.81. The molecule has 2 N–H and O–H groups in total. The second-order valence-electron chi connectivity index (χ2n) is 6.21. The lowest BCUT2D eigenvalue weighted by Crippen LogP contribution is -2.61. The highest BCUT2D eigenvalue weighted by molar-refractivity contribution is 5.80. The Morgan fingerprint density at radius 2 is 2.11 bits per heavy atom. The largest absolute Gasteiger partial charge is 0.480 e. The molecule has 2 unspecified atom stereocenters. The summed E-state index contributed by atoms with van der Waals surface area (Å²) in [4.78, 5) is 14.2. The molecule has 0 amide bonds. The van der Waals surface area contributed by atoms with Crippen LogP contribution in [0.1, 0.15) is 51.9 Å². The fraction of sp³-hybridized carbons (Fsp3) is 0.933. The number of hydrogen-bond donors (Lipinski definition) is 2. The molecule has 0 aromatic heterocycles. The van der Waals surface area contributed by atoms with E-state index >= 15 is 0 Å². The predicted molar refractivity (Wildman–Crippen MR) is 76.3 cm³/mol. The Bertz CT molecular complexity index is 315. The van der Waals surface area contributed by atoms with Gasteiger partial charge in [0.2, 0.25) is 0 Å². The first kappa shape index (κ1) is 14.8. The summed E-state index contributed by atoms with van der Waals surface area (Å²) in [5, 5.41) is 12.8. The summed E-state index contributed by atoms with van der Waals surface area (Å²) >= 11 is 0. The van der Waals surface area contributed by atoms with E-state index in [-0.39, 0.29) is 0 Å². The summed E-state index contributed by atoms with van der Waals surface area (Å²) in [5.41, 5.74) is -0.719. The fourth-order valence-corrected chi connectivity index (χ4v) is 3.59. The molecule has 2 aliphatic rings. The molecule has 0 aromatic rings. The van der Waals surface area contributed by atoms with Gasteiger partial charge in [-0.05, 0) is 51.6 Å². The highest BCUT2D eigenvalue weighted by Crippen LogP contribution is 2.41. The van der Waals surface area contributed by atoms with Gasteiger partial charge in [-0.3, -0.25) is 9.69 Å². The minimum atomic E-state index is -0.719. The topological polar surface area (TPSA) is 52.6 Å². The Morgan fingerprint density at radius 1 is 1.37 bits per heavy atom. The first-order valence-electron chi connectivity index (χ1n) is 7.80. The van der Waals surface area contributed by atoms with Gasteiger partial charge in [-0.2, -0.15) is 0 Å². The zero-order chi connectivity index (χ0) is 13.9. The average molecular weight is 268 g/mol. The molecule has 1 saturated carbocycles. The number of carboxylic acid groups (broad SMARTS) is 1. The molecular weight excluding hydrogens is 240 g/mol. The zero-order valence-electron chi connectivity index (χ0n) is 12.3. The van der Waals surface area contributed by atoms with E-state index in [2.05, 4.69) is 17.1 Å². The third kappa shape index (κ3) is 3.11. The van der Waals surface area contributed by atoms with Crippen molar-refractivity contribution in [3.05, 3.63) is 0 Å². The molecule has 19 heavy (non-hydrogen) atoms. The lowest BCUT2D eigenvalue weighted by Gasteiger charge is -2.41. The van der Waals surface area contributed by atoms with Crippen molar-refractivity contribution in [2.75, 3.05) is 20.1 Å². The third-order valence-electron chi connectivity index (χ3n) is 4.93. The van der Waals surface area contributed by atoms with Crippen LogP contribution < -0.4 is 5.32 Å². The number of piperidine rings is 1. The van der Waals surface area contributed by atoms with Crippen molar-refractivity contribution >= 4 is 5.97 Å². The molecule has 1 aliphatic heterocycles. The van der Waals surface area contributed by atoms with E-state index in [1.54, 1.807) is 0 Å². The smallest absolute Gasteiger partial charge is 0.325 e. The molecule has 2 fully saturated rings. The monoisotopic (exact) mass is 268 g/mol. The van der Waals surface area contributed by atoms with Gasteiger partial charge in [-0.25, -0.2) is 0 Å². The van der Waals surface area contributed by atoms with Crippen LogP contribution in [0.25, 0.3) is 0 Å². The van der Waals surface area contributed by atoms with Gasteiger partial charge in [0.1, 0.15) is 5.54 Å². The van der Waals surface area contributed by atoms with Crippen LogP contribution in [0.2, 0.25) is 0 Å². The van der Waals surface area contributed by atoms with Crippen LogP contribution >= 0.6 is 0 Å². The number of likely N-dealkylation sites (N-methyl/N-ethyl adjacent to an activating group) is 1. The number of carbonyl (C=O) groups is 1. The zero-order valence-corrected chi connectivity index (χ0v) is 12.3. The van der Waals surface area contributed by atoms with Gasteiger partial charge < -0.3 is 10.4 Å². The SMILES string of the molecule is CCCC1CCCCN1CC(NC)(C(=O)O)C1CC1. The molecule has 0 spiro atoms. The Labute approximate surface area is 116 Å². The van der Waals surface area contributed by atoms with Crippen molar-refractivity contribution in [2.45, 2.75) is 63.5 Å². The number of nitrogens with zero attached hydrogens (tertiary/aromatic N) is 1. The van der Waals surface area contributed by atoms with E-state index < -0.39 is 11.5 Å². The lowest BCUT2D eigenvalue weighted by atomic mass is 9.89. The minimum Gasteiger partial charge on any atom is -0.480 e. The molecule has 4 nitrogen and oxygen atoms in total. The first-order valence-corrected chi connectivity index (χ1v) is 7.80. The van der Waals surface area contributed by atoms with Crippen molar-refractivity contribution < 1.29 is 9.90 Å². The molecule has 2 atom stereocenters. The number of carboxylic acids is 1. The number of rotatable bonds is 7. The molecule has 110 valence electrons. The van der Waals surface area contributed by atoms with Gasteiger partial charge in [0.25, 0.3) is 0 Å². The third-order valence-corrected chi connectivity index (χ3v) is 4.93. The van der Waals surface area contributed by atoms with E-state index in [1.165, 1.54) is 32.1 Å². The molecule has 4 heteroatoms. The summed E-state index contributed by atoms with van der Waals surface area (Å²) in [5.74, 6) is -0.350. The first-order chi connectivity index (χ1) is 9.14. The van der Waals surface area contributed by atoms with E-state index in [9.17, 15) is 9.90 Å². The minimum absolute atomic E-state index is 0.319. The van der Waals surface area contributed by atoms with Crippen molar-refractivity contribution in [2.24, 2.45) is 5.92 Å². The van der Waals surface area contributed by atoms with Crippen LogP contribution in [0.4, 0.5) is 0 Å². The molecular formula is C15H28N2O2. The Balaban J connectivity index is 2.08. The fourth-order valence-electron chi connectivity index (χ4n) is 3.59. The van der Waals surface area contributed by atoms with Gasteiger partial charge in [0.15, 0.2) is 0 Å². The maximum Gasteiger partial charge on any atom is 0.325 e. The average Bonchev–Trinajstić information content (AvgIpc) is 3.22. The summed E-state index contributed by atoms with van der Waals surface area (Å²) in [6.45, 7) is 3.96. The van der Waals surface area contributed by atoms with Crippen LogP contribution in [-0.4, -0.2) is 47.7 Å². The Morgan fingerprint density at radius 3 is 2.63 bits per heavy atom. The highest BCUT2D eigenvalue weighted by Gasteiger charge is 2.51. The second-order valence-corrected chi connectivity index (χ2v) is 6.21. The van der Waals surface area contributed by atoms with Crippen molar-refractivity contribution in [3.8, 4) is 0 Å². The molecule has 0 aromatic carbocycles. The van der Waals surface area contributed by atoms with Crippen LogP contribution in [-0.2, 0) is 4.79 Å². The highest BCUT2D eigenvalue weighted by atomic mass is 16.4. The molecule has 0 radical (unpaired) electrons. The van der Waals surface area contributed by atoms with E-state index in [4.69, 9.17) is 0 Å². The van der Waals surface area contributed by atoms with Crippen molar-refractivity contribution in [1.29, 1.82) is 0 Å². The second kappa shape index (κ2) is 6.23. The maximum atomic E-state index is 11.8. The van der Waals surface area contributed by atoms with Crippen LogP contribution in [0.5, 0.6) is 0 Å². The summed E-state index contributed by atoms with van der Waals surface area (Å²) < 4.78 is 0. The quantitative estimate of drug-likeness (QED) is 0.742. The number of aliphatic carboxylic acids is 1. The van der Waals surface area contributed by atoms with Crippen molar-refractivity contribution in [3.63, 3.8) is 0 Å². The van der Waals surface area contributed by atoms with Gasteiger partial charge >= 0.3 is 5.97 Å². The van der Waals surface area contributed by atoms with E-state index in [1.807, 2.05) is 7.05 Å². The molecule has 1 aliphatic carbocycles. The van der Waals surface area contributed by atoms with Gasteiger partial charge in [0, 0.05) is 12.6 Å². The van der Waals surface area contributed by atoms with Gasteiger partial charge in [0.05, 0.1) is 0 Å². The summed E-state index contributed by atoms with van der Waals surface area (Å²) in [6.07, 6.45) is 8.24. The summed E-state index contributed by atoms with van der Waals surface area (Å²) in [6, 6.07) is 0.588. The molecule has 1 saturated heterocycles. The van der Waals surface area contributed by atoms with Gasteiger partial charge in [-0.1, -0.05) is 19.8 Å². The molecule has 0 bridgehead atoms. The predicted octanol–water partition coefficient (Wildman–Crippen LogP) is 2.09. The van der Waals surface area contributed by atoms with Crippen LogP contribution in [0, 0.1) is 5.92 Å². The Hall–Kier alpha value is -0.610. The molecule has 1 heterocycles. The normalized spacial score (nSPS) is 28.0. The van der Waals surface area contributed by atoms with Gasteiger partial charge in [-0.15, -0.1) is 0 Å². The number of likely N-dealkylation sites (tertiary alicyclic amines) is 1. The van der Waals surface area contributed by atoms with E-state index in [0.717, 1.165) is 19.4 Å². The lowest BCUT2D eigenvalue weighted by molar-refractivity contribution is -0.147. The van der Waals surface area contributed by atoms with Crippen LogP contribution in [0.3, 0.4) is 0 Å². The van der Waals surface area contributed by atoms with Crippen LogP contribution in [0.15, 0.2) is 0 Å². The number of nitrogens with one attached hydrogen (secondary N) is 1. The molecule has 2 rings (SSSR count). The van der Waals surface area contributed by atoms with Crippen molar-refractivity contribution in [1.82, 2.24) is 10.2 Å². The number of hydrogen-bond acceptors (Lipinski definition) is 3.